The zero-order valence-electron chi connectivity index (χ0n) is 16.8. The minimum absolute atomic E-state index is 0.0972. The van der Waals surface area contributed by atoms with Crippen molar-refractivity contribution in [3.05, 3.63) is 82.1 Å². The summed E-state index contributed by atoms with van der Waals surface area (Å²) in [5, 5.41) is 4.47. The van der Waals surface area contributed by atoms with Crippen LogP contribution in [0.4, 0.5) is 0 Å². The number of carbonyl (C=O) groups excluding carboxylic acids is 1. The minimum atomic E-state index is -0.172. The number of nitrogens with one attached hydrogen (secondary N) is 1. The van der Waals surface area contributed by atoms with Gasteiger partial charge in [0.25, 0.3) is 5.56 Å². The molecular formula is C23H24ClN3O2S. The van der Waals surface area contributed by atoms with E-state index < -0.39 is 0 Å². The van der Waals surface area contributed by atoms with Gasteiger partial charge < -0.3 is 5.32 Å². The van der Waals surface area contributed by atoms with Crippen molar-refractivity contribution in [1.29, 1.82) is 0 Å². The van der Waals surface area contributed by atoms with Gasteiger partial charge in [-0.25, -0.2) is 4.98 Å². The molecule has 0 aliphatic heterocycles. The number of hydrogen-bond donors (Lipinski definition) is 1. The minimum Gasteiger partial charge on any atom is -0.355 e. The molecular weight excluding hydrogens is 418 g/mol. The topological polar surface area (TPSA) is 64.0 Å². The lowest BCUT2D eigenvalue weighted by Gasteiger charge is -2.16. The zero-order valence-corrected chi connectivity index (χ0v) is 18.4. The van der Waals surface area contributed by atoms with Gasteiger partial charge in [-0.3, -0.25) is 14.2 Å². The van der Waals surface area contributed by atoms with Crippen molar-refractivity contribution in [3.8, 4) is 0 Å². The first-order valence-electron chi connectivity index (χ1n) is 9.79. The van der Waals surface area contributed by atoms with Gasteiger partial charge in [0.15, 0.2) is 5.16 Å². The van der Waals surface area contributed by atoms with E-state index in [1.165, 1.54) is 21.9 Å². The van der Waals surface area contributed by atoms with Crippen LogP contribution in [-0.2, 0) is 11.3 Å². The molecule has 3 aromatic rings. The maximum absolute atomic E-state index is 12.8. The Balaban J connectivity index is 1.71. The van der Waals surface area contributed by atoms with E-state index in [2.05, 4.69) is 35.9 Å². The Bertz CT molecular complexity index is 1100. The summed E-state index contributed by atoms with van der Waals surface area (Å²) in [6.07, 6.45) is 2.57. The molecule has 1 N–H and O–H groups in total. The average Bonchev–Trinajstić information content (AvgIpc) is 2.75. The fraction of sp³-hybridized carbons (Fsp3) is 0.261. The first kappa shape index (κ1) is 22.1. The number of hydrogen-bond acceptors (Lipinski definition) is 4. The van der Waals surface area contributed by atoms with Gasteiger partial charge >= 0.3 is 0 Å². The van der Waals surface area contributed by atoms with Gasteiger partial charge in [0.2, 0.25) is 5.91 Å². The number of aromatic nitrogens is 2. The third kappa shape index (κ3) is 5.32. The monoisotopic (exact) mass is 441 g/mol. The van der Waals surface area contributed by atoms with Crippen molar-refractivity contribution in [2.24, 2.45) is 0 Å². The van der Waals surface area contributed by atoms with Gasteiger partial charge in [-0.05, 0) is 30.2 Å². The van der Waals surface area contributed by atoms with E-state index >= 15 is 0 Å². The van der Waals surface area contributed by atoms with Gasteiger partial charge in [0, 0.05) is 24.0 Å². The summed E-state index contributed by atoms with van der Waals surface area (Å²) in [6.45, 7) is 6.71. The molecule has 7 heteroatoms. The van der Waals surface area contributed by atoms with Gasteiger partial charge in [-0.15, -0.1) is 6.58 Å². The fourth-order valence-corrected chi connectivity index (χ4v) is 4.22. The molecule has 30 heavy (non-hydrogen) atoms. The second-order valence-electron chi connectivity index (χ2n) is 6.87. The lowest BCUT2D eigenvalue weighted by atomic mass is 9.96. The molecule has 156 valence electrons. The molecule has 1 unspecified atom stereocenters. The van der Waals surface area contributed by atoms with Gasteiger partial charge in [0.05, 0.1) is 16.7 Å². The van der Waals surface area contributed by atoms with E-state index in [-0.39, 0.29) is 23.1 Å². The Morgan fingerprint density at radius 1 is 1.30 bits per heavy atom. The van der Waals surface area contributed by atoms with Crippen LogP contribution in [-0.4, -0.2) is 27.8 Å². The summed E-state index contributed by atoms with van der Waals surface area (Å²) in [4.78, 5) is 29.8. The first-order chi connectivity index (χ1) is 14.5. The standard InChI is InChI=1S/C23H24ClN3O2S/c1-3-12-27-22(29)19-11-10-18(24)13-20(19)26-23(27)30-15-21(28)25-14-16(4-2)17-8-6-5-7-9-17/h3,5-11,13,16H,1,4,12,14-15H2,2H3,(H,25,28). The summed E-state index contributed by atoms with van der Waals surface area (Å²) >= 11 is 7.28. The molecule has 0 fully saturated rings. The Labute approximate surface area is 185 Å². The van der Waals surface area contributed by atoms with E-state index in [0.29, 0.717) is 34.2 Å². The first-order valence-corrected chi connectivity index (χ1v) is 11.1. The molecule has 0 saturated heterocycles. The fourth-order valence-electron chi connectivity index (χ4n) is 3.22. The maximum atomic E-state index is 12.8. The van der Waals surface area contributed by atoms with Crippen molar-refractivity contribution in [1.82, 2.24) is 14.9 Å². The normalized spacial score (nSPS) is 11.9. The van der Waals surface area contributed by atoms with Crippen LogP contribution in [0.3, 0.4) is 0 Å². The highest BCUT2D eigenvalue weighted by Crippen LogP contribution is 2.21. The van der Waals surface area contributed by atoms with Crippen molar-refractivity contribution < 1.29 is 4.79 Å². The van der Waals surface area contributed by atoms with Crippen molar-refractivity contribution in [3.63, 3.8) is 0 Å². The Kier molecular flexibility index (Phi) is 7.71. The number of nitrogens with zero attached hydrogens (tertiary/aromatic N) is 2. The van der Waals surface area contributed by atoms with E-state index in [9.17, 15) is 9.59 Å². The van der Waals surface area contributed by atoms with Crippen LogP contribution >= 0.6 is 23.4 Å². The third-order valence-corrected chi connectivity index (χ3v) is 6.05. The highest BCUT2D eigenvalue weighted by molar-refractivity contribution is 7.99. The second-order valence-corrected chi connectivity index (χ2v) is 8.25. The van der Waals surface area contributed by atoms with Gasteiger partial charge in [-0.1, -0.05) is 66.7 Å². The molecule has 2 aromatic carbocycles. The SMILES string of the molecule is C=CCn1c(SCC(=O)NCC(CC)c2ccccc2)nc2cc(Cl)ccc2c1=O. The molecule has 0 saturated carbocycles. The van der Waals surface area contributed by atoms with Crippen LogP contribution in [0.15, 0.2) is 71.1 Å². The van der Waals surface area contributed by atoms with E-state index in [1.54, 1.807) is 24.3 Å². The summed E-state index contributed by atoms with van der Waals surface area (Å²) in [7, 11) is 0. The molecule has 1 amide bonds. The van der Waals surface area contributed by atoms with Crippen LogP contribution in [0.25, 0.3) is 10.9 Å². The van der Waals surface area contributed by atoms with Gasteiger partial charge in [-0.2, -0.15) is 0 Å². The lowest BCUT2D eigenvalue weighted by molar-refractivity contribution is -0.118. The Morgan fingerprint density at radius 3 is 2.77 bits per heavy atom. The third-order valence-electron chi connectivity index (χ3n) is 4.84. The van der Waals surface area contributed by atoms with E-state index in [1.807, 2.05) is 18.2 Å². The molecule has 3 rings (SSSR count). The highest BCUT2D eigenvalue weighted by Gasteiger charge is 2.14. The summed E-state index contributed by atoms with van der Waals surface area (Å²) in [5.74, 6) is 0.334. The van der Waals surface area contributed by atoms with Crippen molar-refractivity contribution in [2.75, 3.05) is 12.3 Å². The van der Waals surface area contributed by atoms with E-state index in [0.717, 1.165) is 6.42 Å². The van der Waals surface area contributed by atoms with Crippen LogP contribution < -0.4 is 10.9 Å². The molecule has 1 heterocycles. The second kappa shape index (κ2) is 10.5. The lowest BCUT2D eigenvalue weighted by Crippen LogP contribution is -2.30. The molecule has 0 bridgehead atoms. The van der Waals surface area contributed by atoms with Crippen molar-refractivity contribution in [2.45, 2.75) is 31.0 Å². The van der Waals surface area contributed by atoms with Crippen LogP contribution in [0, 0.1) is 0 Å². The smallest absolute Gasteiger partial charge is 0.262 e. The molecule has 5 nitrogen and oxygen atoms in total. The maximum Gasteiger partial charge on any atom is 0.262 e. The molecule has 0 aliphatic carbocycles. The largest absolute Gasteiger partial charge is 0.355 e. The number of amides is 1. The summed E-state index contributed by atoms with van der Waals surface area (Å²) in [6, 6.07) is 15.1. The molecule has 1 aromatic heterocycles. The summed E-state index contributed by atoms with van der Waals surface area (Å²) in [5.41, 5.74) is 1.56. The van der Waals surface area contributed by atoms with Crippen molar-refractivity contribution >= 4 is 40.2 Å². The Hall–Kier alpha value is -2.57. The highest BCUT2D eigenvalue weighted by atomic mass is 35.5. The predicted octanol–water partition coefficient (Wildman–Crippen LogP) is 4.64. The van der Waals surface area contributed by atoms with E-state index in [4.69, 9.17) is 11.6 Å². The molecule has 1 atom stereocenters. The number of allylic oxidation sites excluding steroid dienone is 1. The van der Waals surface area contributed by atoms with Gasteiger partial charge in [0.1, 0.15) is 0 Å². The van der Waals surface area contributed by atoms with Crippen LogP contribution in [0.2, 0.25) is 5.02 Å². The molecule has 0 aliphatic rings. The number of rotatable bonds is 9. The Morgan fingerprint density at radius 2 is 2.07 bits per heavy atom. The van der Waals surface area contributed by atoms with Crippen LogP contribution in [0.1, 0.15) is 24.8 Å². The number of fused-ring (bicyclic) bond motifs is 1. The molecule has 0 radical (unpaired) electrons. The average molecular weight is 442 g/mol. The summed E-state index contributed by atoms with van der Waals surface area (Å²) < 4.78 is 1.53. The number of benzene rings is 2. The van der Waals surface area contributed by atoms with Crippen LogP contribution in [0.5, 0.6) is 0 Å². The number of carbonyl (C=O) groups is 1. The predicted molar refractivity (Wildman–Crippen MR) is 124 cm³/mol. The molecule has 0 spiro atoms. The number of thioether (sulfide) groups is 1. The number of halogens is 1. The quantitative estimate of drug-likeness (QED) is 0.298. The zero-order chi connectivity index (χ0) is 21.5.